The molecule has 4 nitrogen and oxygen atoms in total. The molecule has 0 radical (unpaired) electrons. The van der Waals surface area contributed by atoms with E-state index in [2.05, 4.69) is 5.32 Å². The maximum Gasteiger partial charge on any atom is 0.251 e. The lowest BCUT2D eigenvalue weighted by Gasteiger charge is -2.11. The third kappa shape index (κ3) is 4.15. The molecule has 0 spiro atoms. The van der Waals surface area contributed by atoms with Crippen LogP contribution >= 0.6 is 11.6 Å². The molecule has 1 amide bonds. The van der Waals surface area contributed by atoms with Gasteiger partial charge in [0.25, 0.3) is 5.91 Å². The van der Waals surface area contributed by atoms with E-state index in [0.29, 0.717) is 27.8 Å². The Kier molecular flexibility index (Phi) is 5.28. The molecule has 2 aromatic rings. The van der Waals surface area contributed by atoms with Gasteiger partial charge in [-0.2, -0.15) is 0 Å². The summed E-state index contributed by atoms with van der Waals surface area (Å²) in [5, 5.41) is 3.31. The highest BCUT2D eigenvalue weighted by Gasteiger charge is 2.10. The van der Waals surface area contributed by atoms with Gasteiger partial charge < -0.3 is 14.8 Å². The van der Waals surface area contributed by atoms with Crippen LogP contribution in [0.5, 0.6) is 17.2 Å². The van der Waals surface area contributed by atoms with Crippen molar-refractivity contribution < 1.29 is 14.3 Å². The molecule has 22 heavy (non-hydrogen) atoms. The highest BCUT2D eigenvalue weighted by molar-refractivity contribution is 6.32. The first-order valence-corrected chi connectivity index (χ1v) is 7.29. The van der Waals surface area contributed by atoms with Crippen molar-refractivity contribution in [3.8, 4) is 17.2 Å². The molecule has 2 aromatic carbocycles. The second-order valence-corrected chi connectivity index (χ2v) is 5.46. The lowest BCUT2D eigenvalue weighted by molar-refractivity contribution is 0.0943. The van der Waals surface area contributed by atoms with Crippen molar-refractivity contribution in [3.63, 3.8) is 0 Å². The Bertz CT molecular complexity index is 671. The molecule has 0 aromatic heterocycles. The number of rotatable bonds is 5. The normalized spacial score (nSPS) is 10.4. The maximum absolute atomic E-state index is 12.0. The number of carbonyl (C=O) groups excluding carboxylic acids is 1. The second-order valence-electron chi connectivity index (χ2n) is 5.05. The van der Waals surface area contributed by atoms with E-state index in [1.807, 2.05) is 13.8 Å². The quantitative estimate of drug-likeness (QED) is 0.894. The minimum absolute atomic E-state index is 0.0740. The minimum Gasteiger partial charge on any atom is -0.497 e. The molecule has 1 N–H and O–H groups in total. The van der Waals surface area contributed by atoms with E-state index in [0.717, 1.165) is 0 Å². The van der Waals surface area contributed by atoms with Crippen LogP contribution in [0.1, 0.15) is 24.2 Å². The van der Waals surface area contributed by atoms with Crippen LogP contribution in [0.25, 0.3) is 0 Å². The van der Waals surface area contributed by atoms with E-state index >= 15 is 0 Å². The Labute approximate surface area is 135 Å². The Morgan fingerprint density at radius 3 is 2.59 bits per heavy atom. The number of methoxy groups -OCH3 is 1. The predicted molar refractivity (Wildman–Crippen MR) is 87.1 cm³/mol. The van der Waals surface area contributed by atoms with Gasteiger partial charge in [-0.1, -0.05) is 17.7 Å². The van der Waals surface area contributed by atoms with Crippen molar-refractivity contribution in [2.24, 2.45) is 0 Å². The van der Waals surface area contributed by atoms with Gasteiger partial charge in [-0.05, 0) is 44.2 Å². The maximum atomic E-state index is 12.0. The molecular weight excluding hydrogens is 302 g/mol. The number of ether oxygens (including phenoxy) is 2. The first-order valence-electron chi connectivity index (χ1n) is 6.92. The number of nitrogens with one attached hydrogen (secondary N) is 1. The summed E-state index contributed by atoms with van der Waals surface area (Å²) in [5.74, 6) is 1.51. The number of carbonyl (C=O) groups is 1. The Morgan fingerprint density at radius 1 is 1.14 bits per heavy atom. The topological polar surface area (TPSA) is 47.6 Å². The van der Waals surface area contributed by atoms with Gasteiger partial charge in [0, 0.05) is 17.7 Å². The average Bonchev–Trinajstić information content (AvgIpc) is 2.49. The SMILES string of the molecule is COc1ccc(Cl)c(Oc2cccc(C(=O)NC(C)C)c2)c1. The summed E-state index contributed by atoms with van der Waals surface area (Å²) in [6, 6.07) is 12.2. The van der Waals surface area contributed by atoms with E-state index in [4.69, 9.17) is 21.1 Å². The first kappa shape index (κ1) is 16.2. The van der Waals surface area contributed by atoms with Crippen LogP contribution in [0.15, 0.2) is 42.5 Å². The van der Waals surface area contributed by atoms with E-state index in [-0.39, 0.29) is 11.9 Å². The van der Waals surface area contributed by atoms with Crippen molar-refractivity contribution in [1.29, 1.82) is 0 Å². The molecule has 0 saturated heterocycles. The molecule has 0 atom stereocenters. The van der Waals surface area contributed by atoms with Gasteiger partial charge in [-0.25, -0.2) is 0 Å². The average molecular weight is 320 g/mol. The number of hydrogen-bond acceptors (Lipinski definition) is 3. The van der Waals surface area contributed by atoms with E-state index in [1.54, 1.807) is 49.6 Å². The Balaban J connectivity index is 2.22. The van der Waals surface area contributed by atoms with Crippen molar-refractivity contribution in [2.75, 3.05) is 7.11 Å². The summed E-state index contributed by atoms with van der Waals surface area (Å²) < 4.78 is 10.9. The summed E-state index contributed by atoms with van der Waals surface area (Å²) in [5.41, 5.74) is 0.533. The summed E-state index contributed by atoms with van der Waals surface area (Å²) in [4.78, 5) is 12.0. The van der Waals surface area contributed by atoms with Crippen molar-refractivity contribution in [1.82, 2.24) is 5.32 Å². The van der Waals surface area contributed by atoms with Crippen LogP contribution in [0.3, 0.4) is 0 Å². The van der Waals surface area contributed by atoms with E-state index < -0.39 is 0 Å². The fourth-order valence-electron chi connectivity index (χ4n) is 1.86. The number of amides is 1. The fraction of sp³-hybridized carbons (Fsp3) is 0.235. The number of halogens is 1. The van der Waals surface area contributed by atoms with Gasteiger partial charge in [0.15, 0.2) is 0 Å². The van der Waals surface area contributed by atoms with Crippen molar-refractivity contribution in [3.05, 3.63) is 53.1 Å². The van der Waals surface area contributed by atoms with Crippen LogP contribution in [-0.4, -0.2) is 19.1 Å². The first-order chi connectivity index (χ1) is 10.5. The molecular formula is C17H18ClNO3. The minimum atomic E-state index is -0.141. The third-order valence-electron chi connectivity index (χ3n) is 2.88. The second kappa shape index (κ2) is 7.18. The molecule has 0 heterocycles. The molecule has 5 heteroatoms. The molecule has 0 aliphatic heterocycles. The largest absolute Gasteiger partial charge is 0.497 e. The van der Waals surface area contributed by atoms with Crippen LogP contribution in [0, 0.1) is 0 Å². The monoisotopic (exact) mass is 319 g/mol. The van der Waals surface area contributed by atoms with Crippen LogP contribution in [-0.2, 0) is 0 Å². The Hall–Kier alpha value is -2.20. The molecule has 2 rings (SSSR count). The molecule has 0 bridgehead atoms. The Morgan fingerprint density at radius 2 is 1.91 bits per heavy atom. The van der Waals surface area contributed by atoms with Crippen molar-refractivity contribution >= 4 is 17.5 Å². The highest BCUT2D eigenvalue weighted by Crippen LogP contribution is 2.32. The zero-order chi connectivity index (χ0) is 16.1. The van der Waals surface area contributed by atoms with Crippen LogP contribution < -0.4 is 14.8 Å². The van der Waals surface area contributed by atoms with Gasteiger partial charge in [0.2, 0.25) is 0 Å². The fourth-order valence-corrected chi connectivity index (χ4v) is 2.02. The highest BCUT2D eigenvalue weighted by atomic mass is 35.5. The summed E-state index contributed by atoms with van der Waals surface area (Å²) in [6.45, 7) is 3.82. The van der Waals surface area contributed by atoms with Crippen molar-refractivity contribution in [2.45, 2.75) is 19.9 Å². The van der Waals surface area contributed by atoms with E-state index in [1.165, 1.54) is 0 Å². The third-order valence-corrected chi connectivity index (χ3v) is 3.19. The molecule has 0 unspecified atom stereocenters. The molecule has 0 aliphatic carbocycles. The van der Waals surface area contributed by atoms with Gasteiger partial charge in [0.1, 0.15) is 17.2 Å². The zero-order valence-corrected chi connectivity index (χ0v) is 13.5. The predicted octanol–water partition coefficient (Wildman–Crippen LogP) is 4.28. The molecule has 116 valence electrons. The van der Waals surface area contributed by atoms with Gasteiger partial charge >= 0.3 is 0 Å². The van der Waals surface area contributed by atoms with Gasteiger partial charge in [-0.15, -0.1) is 0 Å². The van der Waals surface area contributed by atoms with Gasteiger partial charge in [0.05, 0.1) is 12.1 Å². The number of hydrogen-bond donors (Lipinski definition) is 1. The van der Waals surface area contributed by atoms with E-state index in [9.17, 15) is 4.79 Å². The zero-order valence-electron chi connectivity index (χ0n) is 12.7. The molecule has 0 saturated carbocycles. The standard InChI is InChI=1S/C17H18ClNO3/c1-11(2)19-17(20)12-5-4-6-14(9-12)22-16-10-13(21-3)7-8-15(16)18/h4-11H,1-3H3,(H,19,20). The smallest absolute Gasteiger partial charge is 0.251 e. The van der Waals surface area contributed by atoms with Gasteiger partial charge in [-0.3, -0.25) is 4.79 Å². The lowest BCUT2D eigenvalue weighted by Crippen LogP contribution is -2.29. The summed E-state index contributed by atoms with van der Waals surface area (Å²) in [6.07, 6.45) is 0. The number of benzene rings is 2. The van der Waals surface area contributed by atoms with Crippen LogP contribution in [0.2, 0.25) is 5.02 Å². The van der Waals surface area contributed by atoms with Crippen LogP contribution in [0.4, 0.5) is 0 Å². The molecule has 0 fully saturated rings. The summed E-state index contributed by atoms with van der Waals surface area (Å²) >= 11 is 6.11. The summed E-state index contributed by atoms with van der Waals surface area (Å²) in [7, 11) is 1.57. The lowest BCUT2D eigenvalue weighted by atomic mass is 10.2. The molecule has 0 aliphatic rings.